The van der Waals surface area contributed by atoms with Gasteiger partial charge in [-0.2, -0.15) is 0 Å². The molecule has 0 unspecified atom stereocenters. The number of carbonyl (C=O) groups is 1. The molecule has 76 valence electrons. The lowest BCUT2D eigenvalue weighted by Gasteiger charge is -2.14. The molecule has 0 radical (unpaired) electrons. The van der Waals surface area contributed by atoms with Gasteiger partial charge in [0.15, 0.2) is 0 Å². The third kappa shape index (κ3) is 5.63. The van der Waals surface area contributed by atoms with Gasteiger partial charge in [0.25, 0.3) is 0 Å². The molecular formula is C7H17Cl2NO2. The highest BCUT2D eigenvalue weighted by Gasteiger charge is 2.19. The Bertz CT molecular complexity index is 122. The highest BCUT2D eigenvalue weighted by molar-refractivity contribution is 5.85. The van der Waals surface area contributed by atoms with Crippen molar-refractivity contribution < 1.29 is 9.53 Å². The maximum atomic E-state index is 10.8. The van der Waals surface area contributed by atoms with Crippen LogP contribution in [0, 0.1) is 5.92 Å². The minimum atomic E-state index is -0.463. The van der Waals surface area contributed by atoms with Crippen molar-refractivity contribution in [2.45, 2.75) is 26.3 Å². The van der Waals surface area contributed by atoms with Gasteiger partial charge in [-0.05, 0) is 5.92 Å². The first-order chi connectivity index (χ1) is 4.63. The van der Waals surface area contributed by atoms with Crippen molar-refractivity contribution in [3.8, 4) is 0 Å². The van der Waals surface area contributed by atoms with E-state index in [1.165, 1.54) is 7.11 Å². The first kappa shape index (κ1) is 17.9. The number of esters is 1. The van der Waals surface area contributed by atoms with E-state index in [0.717, 1.165) is 6.42 Å². The van der Waals surface area contributed by atoms with Crippen LogP contribution in [0.1, 0.15) is 20.3 Å². The second-order valence-electron chi connectivity index (χ2n) is 2.43. The molecule has 0 saturated heterocycles. The van der Waals surface area contributed by atoms with Crippen molar-refractivity contribution in [3.05, 3.63) is 0 Å². The fraction of sp³-hybridized carbons (Fsp3) is 0.857. The molecule has 2 atom stereocenters. The van der Waals surface area contributed by atoms with Crippen molar-refractivity contribution in [1.82, 2.24) is 0 Å². The molecule has 0 bridgehead atoms. The van der Waals surface area contributed by atoms with Crippen LogP contribution in [0.5, 0.6) is 0 Å². The Morgan fingerprint density at radius 1 is 1.50 bits per heavy atom. The van der Waals surface area contributed by atoms with Crippen LogP contribution in [0.3, 0.4) is 0 Å². The maximum Gasteiger partial charge on any atom is 0.322 e. The van der Waals surface area contributed by atoms with Crippen LogP contribution >= 0.6 is 24.8 Å². The Morgan fingerprint density at radius 3 is 2.17 bits per heavy atom. The van der Waals surface area contributed by atoms with Gasteiger partial charge in [0.05, 0.1) is 7.11 Å². The lowest BCUT2D eigenvalue weighted by Crippen LogP contribution is -2.37. The standard InChI is InChI=1S/C7H15NO2.2ClH/c1-4-5(2)6(8)7(9)10-3;;/h5-6H,4,8H2,1-3H3;2*1H/t5-,6-;;/m0../s1. The number of hydrogen-bond donors (Lipinski definition) is 1. The molecule has 0 aliphatic carbocycles. The molecule has 0 aliphatic rings. The molecular weight excluding hydrogens is 201 g/mol. The molecule has 5 heteroatoms. The van der Waals surface area contributed by atoms with Gasteiger partial charge in [-0.15, -0.1) is 24.8 Å². The lowest BCUT2D eigenvalue weighted by molar-refractivity contribution is -0.143. The summed E-state index contributed by atoms with van der Waals surface area (Å²) in [5.41, 5.74) is 5.51. The SMILES string of the molecule is CC[C@H](C)[C@H](N)C(=O)OC.Cl.Cl. The summed E-state index contributed by atoms with van der Waals surface area (Å²) < 4.78 is 4.47. The zero-order valence-corrected chi connectivity index (χ0v) is 9.21. The summed E-state index contributed by atoms with van der Waals surface area (Å²) in [6.45, 7) is 3.93. The van der Waals surface area contributed by atoms with Crippen molar-refractivity contribution in [1.29, 1.82) is 0 Å². The van der Waals surface area contributed by atoms with E-state index >= 15 is 0 Å². The number of nitrogens with two attached hydrogens (primary N) is 1. The van der Waals surface area contributed by atoms with Gasteiger partial charge >= 0.3 is 5.97 Å². The lowest BCUT2D eigenvalue weighted by atomic mass is 10.0. The second-order valence-corrected chi connectivity index (χ2v) is 2.43. The molecule has 0 aromatic carbocycles. The number of carbonyl (C=O) groups excluding carboxylic acids is 1. The minimum Gasteiger partial charge on any atom is -0.468 e. The molecule has 0 aromatic heterocycles. The van der Waals surface area contributed by atoms with Gasteiger partial charge in [0, 0.05) is 0 Å². The largest absolute Gasteiger partial charge is 0.468 e. The Kier molecular flexibility index (Phi) is 13.6. The average Bonchev–Trinajstić information content (AvgIpc) is 2.00. The summed E-state index contributed by atoms with van der Waals surface area (Å²) in [7, 11) is 1.35. The first-order valence-corrected chi connectivity index (χ1v) is 3.46. The molecule has 2 N–H and O–H groups in total. The van der Waals surface area contributed by atoms with E-state index in [9.17, 15) is 4.79 Å². The Balaban J connectivity index is -0.000000405. The van der Waals surface area contributed by atoms with Gasteiger partial charge in [-0.3, -0.25) is 4.79 Å². The Hall–Kier alpha value is 0.01000. The van der Waals surface area contributed by atoms with E-state index in [0.29, 0.717) is 0 Å². The summed E-state index contributed by atoms with van der Waals surface area (Å²) >= 11 is 0. The number of methoxy groups -OCH3 is 1. The highest BCUT2D eigenvalue weighted by Crippen LogP contribution is 2.05. The van der Waals surface area contributed by atoms with Gasteiger partial charge in [0.2, 0.25) is 0 Å². The van der Waals surface area contributed by atoms with Gasteiger partial charge < -0.3 is 10.5 Å². The number of rotatable bonds is 3. The monoisotopic (exact) mass is 217 g/mol. The smallest absolute Gasteiger partial charge is 0.322 e. The van der Waals surface area contributed by atoms with E-state index in [2.05, 4.69) is 4.74 Å². The number of halogens is 2. The van der Waals surface area contributed by atoms with Crippen LogP contribution in [0.25, 0.3) is 0 Å². The fourth-order valence-electron chi connectivity index (χ4n) is 0.622. The minimum absolute atomic E-state index is 0. The van der Waals surface area contributed by atoms with Crippen LogP contribution in [-0.2, 0) is 9.53 Å². The van der Waals surface area contributed by atoms with Gasteiger partial charge in [-0.25, -0.2) is 0 Å². The summed E-state index contributed by atoms with van der Waals surface area (Å²) in [4.78, 5) is 10.8. The van der Waals surface area contributed by atoms with Crippen LogP contribution in [0.2, 0.25) is 0 Å². The van der Waals surface area contributed by atoms with Crippen LogP contribution in [0.15, 0.2) is 0 Å². The van der Waals surface area contributed by atoms with Crippen molar-refractivity contribution in [3.63, 3.8) is 0 Å². The first-order valence-electron chi connectivity index (χ1n) is 3.46. The zero-order chi connectivity index (χ0) is 8.15. The quantitative estimate of drug-likeness (QED) is 0.728. The molecule has 12 heavy (non-hydrogen) atoms. The topological polar surface area (TPSA) is 52.3 Å². The molecule has 0 amide bonds. The Morgan fingerprint density at radius 2 is 1.92 bits per heavy atom. The van der Waals surface area contributed by atoms with E-state index in [1.54, 1.807) is 0 Å². The van der Waals surface area contributed by atoms with Crippen molar-refractivity contribution >= 4 is 30.8 Å². The van der Waals surface area contributed by atoms with E-state index < -0.39 is 6.04 Å². The molecule has 0 fully saturated rings. The van der Waals surface area contributed by atoms with Crippen molar-refractivity contribution in [2.75, 3.05) is 7.11 Å². The summed E-state index contributed by atoms with van der Waals surface area (Å²) in [5, 5.41) is 0. The third-order valence-electron chi connectivity index (χ3n) is 1.73. The van der Waals surface area contributed by atoms with Crippen molar-refractivity contribution in [2.24, 2.45) is 11.7 Å². The number of hydrogen-bond acceptors (Lipinski definition) is 3. The highest BCUT2D eigenvalue weighted by atomic mass is 35.5. The van der Waals surface area contributed by atoms with Gasteiger partial charge in [0.1, 0.15) is 6.04 Å². The summed E-state index contributed by atoms with van der Waals surface area (Å²) in [5.74, 6) is -0.123. The predicted molar refractivity (Wildman–Crippen MR) is 53.9 cm³/mol. The zero-order valence-electron chi connectivity index (χ0n) is 7.57. The Labute approximate surface area is 85.9 Å². The van der Waals surface area contributed by atoms with Crippen LogP contribution in [-0.4, -0.2) is 19.1 Å². The van der Waals surface area contributed by atoms with E-state index in [4.69, 9.17) is 5.73 Å². The molecule has 0 saturated carbocycles. The molecule has 3 nitrogen and oxygen atoms in total. The van der Waals surface area contributed by atoms with E-state index in [1.807, 2.05) is 13.8 Å². The average molecular weight is 218 g/mol. The molecule has 0 aromatic rings. The molecule has 0 spiro atoms. The molecule has 0 aliphatic heterocycles. The predicted octanol–water partition coefficient (Wildman–Crippen LogP) is 1.38. The second kappa shape index (κ2) is 9.10. The normalized spacial score (nSPS) is 13.3. The third-order valence-corrected chi connectivity index (χ3v) is 1.73. The summed E-state index contributed by atoms with van der Waals surface area (Å²) in [6, 6.07) is -0.463. The summed E-state index contributed by atoms with van der Waals surface area (Å²) in [6.07, 6.45) is 0.899. The van der Waals surface area contributed by atoms with Crippen LogP contribution < -0.4 is 5.73 Å². The molecule has 0 heterocycles. The van der Waals surface area contributed by atoms with Crippen LogP contribution in [0.4, 0.5) is 0 Å². The number of ether oxygens (including phenoxy) is 1. The van der Waals surface area contributed by atoms with E-state index in [-0.39, 0.29) is 36.7 Å². The fourth-order valence-corrected chi connectivity index (χ4v) is 0.622. The molecule has 0 rings (SSSR count). The maximum absolute atomic E-state index is 10.8. The van der Waals surface area contributed by atoms with Gasteiger partial charge in [-0.1, -0.05) is 20.3 Å².